The lowest BCUT2D eigenvalue weighted by molar-refractivity contribution is -0.136. The summed E-state index contributed by atoms with van der Waals surface area (Å²) in [6, 6.07) is 5.12. The minimum absolute atomic E-state index is 0.220. The Balaban J connectivity index is 2.00. The number of benzene rings is 1. The van der Waals surface area contributed by atoms with Crippen LogP contribution in [0.4, 0.5) is 0 Å². The van der Waals surface area contributed by atoms with Crippen molar-refractivity contribution in [3.8, 4) is 11.5 Å². The van der Waals surface area contributed by atoms with Gasteiger partial charge < -0.3 is 14.2 Å². The number of ether oxygens (including phenoxy) is 3. The Kier molecular flexibility index (Phi) is 6.83. The first kappa shape index (κ1) is 20.0. The predicted molar refractivity (Wildman–Crippen MR) is 103 cm³/mol. The van der Waals surface area contributed by atoms with Crippen molar-refractivity contribution in [2.45, 2.75) is 13.8 Å². The highest BCUT2D eigenvalue weighted by Gasteiger charge is 2.14. The molecule has 0 bridgehead atoms. The van der Waals surface area contributed by atoms with Crippen LogP contribution in [0.15, 0.2) is 24.3 Å². The lowest BCUT2D eigenvalue weighted by Gasteiger charge is -2.10. The number of hydrogen-bond donors (Lipinski definition) is 0. The van der Waals surface area contributed by atoms with E-state index in [0.717, 1.165) is 9.75 Å². The van der Waals surface area contributed by atoms with Gasteiger partial charge in [0.05, 0.1) is 19.2 Å². The van der Waals surface area contributed by atoms with Crippen molar-refractivity contribution in [2.75, 3.05) is 20.8 Å². The SMILES string of the molecule is COc1cc(/C=C/C(=O)OCC(=O)c2cc(C)sc2C)cc(Cl)c1OC. The number of halogens is 1. The average Bonchev–Trinajstić information content (AvgIpc) is 2.95. The fraction of sp³-hybridized carbons (Fsp3) is 0.263. The molecule has 0 fully saturated rings. The molecule has 0 spiro atoms. The monoisotopic (exact) mass is 394 g/mol. The molecule has 0 saturated carbocycles. The van der Waals surface area contributed by atoms with Crippen LogP contribution in [0.5, 0.6) is 11.5 Å². The van der Waals surface area contributed by atoms with Gasteiger partial charge in [0.25, 0.3) is 0 Å². The van der Waals surface area contributed by atoms with Gasteiger partial charge in [0.1, 0.15) is 0 Å². The highest BCUT2D eigenvalue weighted by molar-refractivity contribution is 7.12. The van der Waals surface area contributed by atoms with Crippen molar-refractivity contribution in [3.63, 3.8) is 0 Å². The molecule has 2 aromatic rings. The van der Waals surface area contributed by atoms with Crippen LogP contribution in [0.2, 0.25) is 5.02 Å². The highest BCUT2D eigenvalue weighted by atomic mass is 35.5. The number of rotatable bonds is 7. The first-order chi connectivity index (χ1) is 12.3. The number of carbonyl (C=O) groups excluding carboxylic acids is 2. The third-order valence-electron chi connectivity index (χ3n) is 3.55. The molecule has 2 rings (SSSR count). The minimum atomic E-state index is -0.617. The molecule has 0 amide bonds. The molecule has 26 heavy (non-hydrogen) atoms. The first-order valence-electron chi connectivity index (χ1n) is 7.72. The summed E-state index contributed by atoms with van der Waals surface area (Å²) < 4.78 is 15.4. The molecule has 1 aromatic heterocycles. The molecule has 0 saturated heterocycles. The molecule has 0 unspecified atom stereocenters. The number of Topliss-reactive ketones (excluding diaryl/α,β-unsaturated/α-hetero) is 1. The lowest BCUT2D eigenvalue weighted by Crippen LogP contribution is -2.12. The second-order valence-corrected chi connectivity index (χ2v) is 7.30. The van der Waals surface area contributed by atoms with Crippen molar-refractivity contribution in [1.29, 1.82) is 0 Å². The van der Waals surface area contributed by atoms with Crippen molar-refractivity contribution in [1.82, 2.24) is 0 Å². The van der Waals surface area contributed by atoms with E-state index in [1.54, 1.807) is 18.2 Å². The summed E-state index contributed by atoms with van der Waals surface area (Å²) >= 11 is 7.65. The lowest BCUT2D eigenvalue weighted by atomic mass is 10.1. The van der Waals surface area contributed by atoms with E-state index in [0.29, 0.717) is 27.6 Å². The van der Waals surface area contributed by atoms with Crippen molar-refractivity contribution in [3.05, 3.63) is 50.2 Å². The number of ketones is 1. The van der Waals surface area contributed by atoms with Gasteiger partial charge in [-0.3, -0.25) is 4.79 Å². The van der Waals surface area contributed by atoms with Gasteiger partial charge in [0, 0.05) is 21.4 Å². The molecule has 0 aliphatic carbocycles. The van der Waals surface area contributed by atoms with E-state index in [2.05, 4.69) is 0 Å². The van der Waals surface area contributed by atoms with Gasteiger partial charge in [-0.1, -0.05) is 11.6 Å². The number of hydrogen-bond acceptors (Lipinski definition) is 6. The van der Waals surface area contributed by atoms with Crippen LogP contribution in [-0.4, -0.2) is 32.6 Å². The van der Waals surface area contributed by atoms with Gasteiger partial charge in [0.2, 0.25) is 5.78 Å². The topological polar surface area (TPSA) is 61.8 Å². The van der Waals surface area contributed by atoms with Gasteiger partial charge in [-0.25, -0.2) is 4.79 Å². The van der Waals surface area contributed by atoms with Crippen molar-refractivity contribution in [2.24, 2.45) is 0 Å². The zero-order valence-corrected chi connectivity index (χ0v) is 16.5. The van der Waals surface area contributed by atoms with Gasteiger partial charge in [0.15, 0.2) is 18.1 Å². The number of methoxy groups -OCH3 is 2. The largest absolute Gasteiger partial charge is 0.493 e. The van der Waals surface area contributed by atoms with Crippen molar-refractivity contribution < 1.29 is 23.8 Å². The van der Waals surface area contributed by atoms with Crippen LogP contribution in [0.25, 0.3) is 6.08 Å². The van der Waals surface area contributed by atoms with Crippen LogP contribution in [0.1, 0.15) is 25.7 Å². The molecule has 7 heteroatoms. The second-order valence-electron chi connectivity index (χ2n) is 5.43. The van der Waals surface area contributed by atoms with Crippen LogP contribution in [-0.2, 0) is 9.53 Å². The van der Waals surface area contributed by atoms with E-state index in [1.807, 2.05) is 13.8 Å². The Morgan fingerprint density at radius 2 is 1.88 bits per heavy atom. The maximum Gasteiger partial charge on any atom is 0.331 e. The summed E-state index contributed by atoms with van der Waals surface area (Å²) in [5, 5.41) is 0.360. The standard InChI is InChI=1S/C19H19ClO5S/c1-11-7-14(12(2)26-11)16(21)10-25-18(22)6-5-13-8-15(20)19(24-4)17(9-13)23-3/h5-9H,10H2,1-4H3/b6-5+. The summed E-state index contributed by atoms with van der Waals surface area (Å²) in [4.78, 5) is 25.9. The summed E-state index contributed by atoms with van der Waals surface area (Å²) in [6.45, 7) is 3.50. The van der Waals surface area contributed by atoms with Gasteiger partial charge in [-0.05, 0) is 43.7 Å². The average molecular weight is 395 g/mol. The fourth-order valence-electron chi connectivity index (χ4n) is 2.37. The van der Waals surface area contributed by atoms with Crippen molar-refractivity contribution >= 4 is 40.8 Å². The Hall–Kier alpha value is -2.31. The quantitative estimate of drug-likeness (QED) is 0.393. The first-order valence-corrected chi connectivity index (χ1v) is 8.91. The molecule has 0 aliphatic rings. The molecule has 0 radical (unpaired) electrons. The van der Waals surface area contributed by atoms with Crippen LogP contribution < -0.4 is 9.47 Å². The molecule has 1 heterocycles. The van der Waals surface area contributed by atoms with E-state index in [4.69, 9.17) is 25.8 Å². The van der Waals surface area contributed by atoms with Gasteiger partial charge in [-0.2, -0.15) is 0 Å². The zero-order chi connectivity index (χ0) is 19.3. The number of thiophene rings is 1. The number of esters is 1. The summed E-state index contributed by atoms with van der Waals surface area (Å²) in [6.07, 6.45) is 2.76. The van der Waals surface area contributed by atoms with E-state index in [1.165, 1.54) is 37.7 Å². The molecule has 138 valence electrons. The second kappa shape index (κ2) is 8.87. The Morgan fingerprint density at radius 3 is 2.46 bits per heavy atom. The molecular formula is C19H19ClO5S. The van der Waals surface area contributed by atoms with Gasteiger partial charge >= 0.3 is 5.97 Å². The Morgan fingerprint density at radius 1 is 1.15 bits per heavy atom. The highest BCUT2D eigenvalue weighted by Crippen LogP contribution is 2.36. The molecule has 0 N–H and O–H groups in total. The third kappa shape index (κ3) is 4.86. The molecule has 0 atom stereocenters. The fourth-order valence-corrected chi connectivity index (χ4v) is 3.61. The van der Waals surface area contributed by atoms with Crippen LogP contribution in [0, 0.1) is 13.8 Å². The van der Waals surface area contributed by atoms with Crippen LogP contribution >= 0.6 is 22.9 Å². The molecule has 1 aromatic carbocycles. The Labute approximate surface area is 161 Å². The number of carbonyl (C=O) groups is 2. The summed E-state index contributed by atoms with van der Waals surface area (Å²) in [7, 11) is 2.99. The van der Waals surface area contributed by atoms with E-state index in [9.17, 15) is 9.59 Å². The van der Waals surface area contributed by atoms with Gasteiger partial charge in [-0.15, -0.1) is 11.3 Å². The Bertz CT molecular complexity index is 854. The van der Waals surface area contributed by atoms with E-state index >= 15 is 0 Å². The summed E-state index contributed by atoms with van der Waals surface area (Å²) in [5.74, 6) is 0.0315. The predicted octanol–water partition coefficient (Wildman–Crippen LogP) is 4.47. The smallest absolute Gasteiger partial charge is 0.331 e. The van der Waals surface area contributed by atoms with Crippen LogP contribution in [0.3, 0.4) is 0 Å². The molecule has 5 nitrogen and oxygen atoms in total. The maximum absolute atomic E-state index is 12.1. The van der Waals surface area contributed by atoms with E-state index in [-0.39, 0.29) is 12.4 Å². The number of aryl methyl sites for hydroxylation is 2. The summed E-state index contributed by atoms with van der Waals surface area (Å²) in [5.41, 5.74) is 1.23. The maximum atomic E-state index is 12.1. The molecular weight excluding hydrogens is 376 g/mol. The molecule has 0 aliphatic heterocycles. The third-order valence-corrected chi connectivity index (χ3v) is 4.80. The minimum Gasteiger partial charge on any atom is -0.493 e. The van der Waals surface area contributed by atoms with E-state index < -0.39 is 5.97 Å². The normalized spacial score (nSPS) is 10.8. The zero-order valence-electron chi connectivity index (χ0n) is 14.9.